The summed E-state index contributed by atoms with van der Waals surface area (Å²) in [7, 11) is 0. The number of pyridine rings is 1. The van der Waals surface area contributed by atoms with Gasteiger partial charge in [-0.1, -0.05) is 12.6 Å². The Labute approximate surface area is 84.7 Å². The second-order valence-corrected chi connectivity index (χ2v) is 3.29. The van der Waals surface area contributed by atoms with Gasteiger partial charge in [0.05, 0.1) is 0 Å². The normalized spacial score (nSPS) is 9.79. The zero-order chi connectivity index (χ0) is 10.4. The molecule has 0 saturated carbocycles. The van der Waals surface area contributed by atoms with Gasteiger partial charge in [0.2, 0.25) is 0 Å². The molecule has 2 heteroatoms. The van der Waals surface area contributed by atoms with Crippen molar-refractivity contribution in [2.45, 2.75) is 26.2 Å². The largest absolute Gasteiger partial charge is 0.295 e. The maximum atomic E-state index is 10.9. The summed E-state index contributed by atoms with van der Waals surface area (Å²) in [6, 6.07) is 5.96. The van der Waals surface area contributed by atoms with Crippen molar-refractivity contribution >= 4 is 5.78 Å². The maximum absolute atomic E-state index is 10.9. The molecule has 14 heavy (non-hydrogen) atoms. The fraction of sp³-hybridized carbons (Fsp3) is 0.333. The number of allylic oxidation sites excluding steroid dienone is 1. The lowest BCUT2D eigenvalue weighted by atomic mass is 10.1. The van der Waals surface area contributed by atoms with E-state index in [0.717, 1.165) is 24.2 Å². The molecule has 0 aliphatic heterocycles. The van der Waals surface area contributed by atoms with Crippen LogP contribution in [-0.2, 0) is 11.2 Å². The smallest absolute Gasteiger partial charge is 0.155 e. The standard InChI is InChI=1S/C12H15NO/c1-3-12(14)9-5-8-11-7-4-6-10(2)13-11/h3-4,6-7H,1,5,8-9H2,2H3. The third kappa shape index (κ3) is 3.52. The fourth-order valence-electron chi connectivity index (χ4n) is 1.28. The third-order valence-corrected chi connectivity index (χ3v) is 2.03. The third-order valence-electron chi connectivity index (χ3n) is 2.03. The predicted molar refractivity (Wildman–Crippen MR) is 57.1 cm³/mol. The Bertz CT molecular complexity index is 331. The Morgan fingerprint density at radius 3 is 3.00 bits per heavy atom. The lowest BCUT2D eigenvalue weighted by Crippen LogP contribution is -1.96. The van der Waals surface area contributed by atoms with Crippen molar-refractivity contribution in [2.75, 3.05) is 0 Å². The molecule has 0 fully saturated rings. The summed E-state index contributed by atoms with van der Waals surface area (Å²) in [5, 5.41) is 0. The average Bonchev–Trinajstić information content (AvgIpc) is 2.17. The molecule has 0 unspecified atom stereocenters. The molecule has 1 rings (SSSR count). The highest BCUT2D eigenvalue weighted by atomic mass is 16.1. The second-order valence-electron chi connectivity index (χ2n) is 3.29. The van der Waals surface area contributed by atoms with Gasteiger partial charge in [-0.15, -0.1) is 0 Å². The maximum Gasteiger partial charge on any atom is 0.155 e. The minimum absolute atomic E-state index is 0.109. The van der Waals surface area contributed by atoms with Crippen LogP contribution in [0.5, 0.6) is 0 Å². The minimum Gasteiger partial charge on any atom is -0.295 e. The Morgan fingerprint density at radius 1 is 1.57 bits per heavy atom. The molecule has 74 valence electrons. The van der Waals surface area contributed by atoms with Crippen molar-refractivity contribution in [2.24, 2.45) is 0 Å². The van der Waals surface area contributed by atoms with Gasteiger partial charge in [-0.3, -0.25) is 9.78 Å². The van der Waals surface area contributed by atoms with Crippen molar-refractivity contribution in [3.8, 4) is 0 Å². The van der Waals surface area contributed by atoms with E-state index in [1.807, 2.05) is 25.1 Å². The summed E-state index contributed by atoms with van der Waals surface area (Å²) in [6.07, 6.45) is 3.66. The molecule has 1 aromatic rings. The van der Waals surface area contributed by atoms with E-state index in [2.05, 4.69) is 11.6 Å². The first-order chi connectivity index (χ1) is 6.72. The van der Waals surface area contributed by atoms with Crippen molar-refractivity contribution in [3.05, 3.63) is 42.2 Å². The molecule has 0 saturated heterocycles. The van der Waals surface area contributed by atoms with Gasteiger partial charge >= 0.3 is 0 Å². The van der Waals surface area contributed by atoms with Gasteiger partial charge < -0.3 is 0 Å². The van der Waals surface area contributed by atoms with Gasteiger partial charge in [-0.2, -0.15) is 0 Å². The van der Waals surface area contributed by atoms with Gasteiger partial charge in [0, 0.05) is 17.8 Å². The van der Waals surface area contributed by atoms with Gasteiger partial charge in [-0.25, -0.2) is 0 Å². The van der Waals surface area contributed by atoms with Crippen LogP contribution in [0, 0.1) is 6.92 Å². The van der Waals surface area contributed by atoms with E-state index in [1.54, 1.807) is 0 Å². The van der Waals surface area contributed by atoms with Gasteiger partial charge in [0.25, 0.3) is 0 Å². The molecule has 0 amide bonds. The van der Waals surface area contributed by atoms with Crippen LogP contribution >= 0.6 is 0 Å². The van der Waals surface area contributed by atoms with Crippen LogP contribution in [0.2, 0.25) is 0 Å². The van der Waals surface area contributed by atoms with Crippen molar-refractivity contribution < 1.29 is 4.79 Å². The lowest BCUT2D eigenvalue weighted by molar-refractivity contribution is -0.114. The van der Waals surface area contributed by atoms with E-state index >= 15 is 0 Å². The Morgan fingerprint density at radius 2 is 2.36 bits per heavy atom. The highest BCUT2D eigenvalue weighted by Crippen LogP contribution is 2.04. The number of carbonyl (C=O) groups excluding carboxylic acids is 1. The molecule has 0 aliphatic carbocycles. The Kier molecular flexibility index (Phi) is 4.05. The van der Waals surface area contributed by atoms with Crippen LogP contribution in [0.15, 0.2) is 30.9 Å². The first-order valence-corrected chi connectivity index (χ1v) is 4.80. The van der Waals surface area contributed by atoms with Crippen molar-refractivity contribution in [1.82, 2.24) is 4.98 Å². The number of carbonyl (C=O) groups is 1. The highest BCUT2D eigenvalue weighted by Gasteiger charge is 1.98. The van der Waals surface area contributed by atoms with E-state index in [0.29, 0.717) is 6.42 Å². The SMILES string of the molecule is C=CC(=O)CCCc1cccc(C)n1. The molecule has 0 bridgehead atoms. The number of aromatic nitrogens is 1. The number of hydrogen-bond acceptors (Lipinski definition) is 2. The van der Waals surface area contributed by atoms with E-state index in [4.69, 9.17) is 0 Å². The molecule has 2 nitrogen and oxygen atoms in total. The number of ketones is 1. The lowest BCUT2D eigenvalue weighted by Gasteiger charge is -2.00. The van der Waals surface area contributed by atoms with E-state index in [-0.39, 0.29) is 5.78 Å². The zero-order valence-electron chi connectivity index (χ0n) is 8.49. The van der Waals surface area contributed by atoms with Crippen LogP contribution in [0.25, 0.3) is 0 Å². The Balaban J connectivity index is 2.38. The predicted octanol–water partition coefficient (Wildman–Crippen LogP) is 2.47. The average molecular weight is 189 g/mol. The molecule has 0 aromatic carbocycles. The number of rotatable bonds is 5. The number of nitrogens with zero attached hydrogens (tertiary/aromatic N) is 1. The van der Waals surface area contributed by atoms with Crippen LogP contribution in [-0.4, -0.2) is 10.8 Å². The number of hydrogen-bond donors (Lipinski definition) is 0. The quantitative estimate of drug-likeness (QED) is 0.666. The molecule has 0 aliphatic rings. The first kappa shape index (κ1) is 10.6. The second kappa shape index (κ2) is 5.32. The summed E-state index contributed by atoms with van der Waals surface area (Å²) in [5.74, 6) is 0.109. The summed E-state index contributed by atoms with van der Waals surface area (Å²) in [6.45, 7) is 5.41. The first-order valence-electron chi connectivity index (χ1n) is 4.80. The van der Waals surface area contributed by atoms with E-state index < -0.39 is 0 Å². The van der Waals surface area contributed by atoms with Gasteiger partial charge in [0.15, 0.2) is 5.78 Å². The monoisotopic (exact) mass is 189 g/mol. The van der Waals surface area contributed by atoms with Crippen LogP contribution in [0.1, 0.15) is 24.2 Å². The molecular formula is C12H15NO. The summed E-state index contributed by atoms with van der Waals surface area (Å²) >= 11 is 0. The topological polar surface area (TPSA) is 30.0 Å². The van der Waals surface area contributed by atoms with E-state index in [9.17, 15) is 4.79 Å². The van der Waals surface area contributed by atoms with Crippen molar-refractivity contribution in [1.29, 1.82) is 0 Å². The molecular weight excluding hydrogens is 174 g/mol. The van der Waals surface area contributed by atoms with Crippen molar-refractivity contribution in [3.63, 3.8) is 0 Å². The zero-order valence-corrected chi connectivity index (χ0v) is 8.49. The van der Waals surface area contributed by atoms with Gasteiger partial charge in [-0.05, 0) is 38.0 Å². The molecule has 0 radical (unpaired) electrons. The number of aryl methyl sites for hydroxylation is 2. The molecule has 0 N–H and O–H groups in total. The molecule has 1 heterocycles. The minimum atomic E-state index is 0.109. The van der Waals surface area contributed by atoms with E-state index in [1.165, 1.54) is 6.08 Å². The summed E-state index contributed by atoms with van der Waals surface area (Å²) < 4.78 is 0. The molecule has 0 spiro atoms. The highest BCUT2D eigenvalue weighted by molar-refractivity contribution is 5.88. The summed E-state index contributed by atoms with van der Waals surface area (Å²) in [5.41, 5.74) is 2.08. The molecule has 1 aromatic heterocycles. The van der Waals surface area contributed by atoms with Gasteiger partial charge in [0.1, 0.15) is 0 Å². The van der Waals surface area contributed by atoms with Crippen LogP contribution in [0.3, 0.4) is 0 Å². The van der Waals surface area contributed by atoms with Crippen LogP contribution < -0.4 is 0 Å². The van der Waals surface area contributed by atoms with Crippen LogP contribution in [0.4, 0.5) is 0 Å². The fourth-order valence-corrected chi connectivity index (χ4v) is 1.28. The summed E-state index contributed by atoms with van der Waals surface area (Å²) in [4.78, 5) is 15.3. The Hall–Kier alpha value is -1.44. The molecule has 0 atom stereocenters.